The summed E-state index contributed by atoms with van der Waals surface area (Å²) in [4.78, 5) is 11.7. The van der Waals surface area contributed by atoms with Crippen LogP contribution in [0.5, 0.6) is 0 Å². The van der Waals surface area contributed by atoms with Gasteiger partial charge in [-0.15, -0.1) is 5.10 Å². The normalized spacial score (nSPS) is 18.5. The van der Waals surface area contributed by atoms with Crippen molar-refractivity contribution in [1.29, 1.82) is 0 Å². The minimum atomic E-state index is -0.115. The lowest BCUT2D eigenvalue weighted by Crippen LogP contribution is -2.42. The maximum atomic E-state index is 11.7. The summed E-state index contributed by atoms with van der Waals surface area (Å²) in [5.74, 6) is -0.0844. The first-order valence-corrected chi connectivity index (χ1v) is 6.46. The van der Waals surface area contributed by atoms with E-state index in [-0.39, 0.29) is 24.5 Å². The van der Waals surface area contributed by atoms with Gasteiger partial charge in [0, 0.05) is 18.2 Å². The second-order valence-electron chi connectivity index (χ2n) is 5.10. The van der Waals surface area contributed by atoms with Crippen LogP contribution >= 0.6 is 0 Å². The van der Waals surface area contributed by atoms with E-state index in [1.807, 2.05) is 0 Å². The third kappa shape index (κ3) is 3.29. The molecular formula is C12H20N4O2. The van der Waals surface area contributed by atoms with Crippen LogP contribution in [0.2, 0.25) is 0 Å². The van der Waals surface area contributed by atoms with Gasteiger partial charge in [0.15, 0.2) is 0 Å². The molecule has 1 aliphatic carbocycles. The molecule has 1 heterocycles. The van der Waals surface area contributed by atoms with Gasteiger partial charge in [0.05, 0.1) is 12.8 Å². The third-order valence-corrected chi connectivity index (χ3v) is 3.69. The molecule has 1 aliphatic rings. The summed E-state index contributed by atoms with van der Waals surface area (Å²) < 4.78 is 1.49. The number of carbonyl (C=O) groups is 1. The van der Waals surface area contributed by atoms with Crippen molar-refractivity contribution < 1.29 is 9.90 Å². The average Bonchev–Trinajstić information content (AvgIpc) is 2.90. The quantitative estimate of drug-likeness (QED) is 0.791. The van der Waals surface area contributed by atoms with Gasteiger partial charge in [0.25, 0.3) is 0 Å². The molecule has 0 unspecified atom stereocenters. The van der Waals surface area contributed by atoms with Crippen molar-refractivity contribution in [1.82, 2.24) is 20.3 Å². The molecule has 6 nitrogen and oxygen atoms in total. The maximum Gasteiger partial charge on any atom is 0.241 e. The first-order chi connectivity index (χ1) is 8.74. The van der Waals surface area contributed by atoms with E-state index in [1.54, 1.807) is 12.4 Å². The van der Waals surface area contributed by atoms with Gasteiger partial charge in [0.2, 0.25) is 5.91 Å². The lowest BCUT2D eigenvalue weighted by molar-refractivity contribution is -0.122. The topological polar surface area (TPSA) is 80.0 Å². The fourth-order valence-electron chi connectivity index (χ4n) is 2.50. The van der Waals surface area contributed by atoms with E-state index < -0.39 is 0 Å². The predicted octanol–water partition coefficient (Wildman–Crippen LogP) is 0.337. The Kier molecular flexibility index (Phi) is 4.30. The van der Waals surface area contributed by atoms with E-state index in [1.165, 1.54) is 11.1 Å². The Balaban J connectivity index is 1.80. The van der Waals surface area contributed by atoms with E-state index >= 15 is 0 Å². The van der Waals surface area contributed by atoms with Gasteiger partial charge in [-0.1, -0.05) is 24.5 Å². The van der Waals surface area contributed by atoms with Crippen LogP contribution in [0.25, 0.3) is 0 Å². The summed E-state index contributed by atoms with van der Waals surface area (Å²) in [5, 5.41) is 19.8. The minimum Gasteiger partial charge on any atom is -0.396 e. The van der Waals surface area contributed by atoms with Gasteiger partial charge in [-0.05, 0) is 12.8 Å². The summed E-state index contributed by atoms with van der Waals surface area (Å²) in [6.45, 7) is 0.884. The molecule has 0 atom stereocenters. The minimum absolute atomic E-state index is 0.0844. The molecular weight excluding hydrogens is 232 g/mol. The van der Waals surface area contributed by atoms with Crippen LogP contribution in [0, 0.1) is 5.41 Å². The molecule has 0 saturated heterocycles. The number of nitrogens with one attached hydrogen (secondary N) is 1. The van der Waals surface area contributed by atoms with Crippen LogP contribution in [0.1, 0.15) is 32.1 Å². The van der Waals surface area contributed by atoms with Crippen molar-refractivity contribution in [3.05, 3.63) is 12.4 Å². The number of aliphatic hydroxyl groups excluding tert-OH is 1. The summed E-state index contributed by atoms with van der Waals surface area (Å²) in [7, 11) is 0. The number of carbonyl (C=O) groups excluding carboxylic acids is 1. The molecule has 1 saturated carbocycles. The number of nitrogens with zero attached hydrogens (tertiary/aromatic N) is 3. The number of aromatic nitrogens is 3. The largest absolute Gasteiger partial charge is 0.396 e. The molecule has 1 fully saturated rings. The van der Waals surface area contributed by atoms with Gasteiger partial charge < -0.3 is 10.4 Å². The molecule has 1 aromatic heterocycles. The van der Waals surface area contributed by atoms with Gasteiger partial charge in [-0.25, -0.2) is 4.68 Å². The lowest BCUT2D eigenvalue weighted by atomic mass is 9.74. The zero-order valence-corrected chi connectivity index (χ0v) is 10.5. The molecule has 6 heteroatoms. The fourth-order valence-corrected chi connectivity index (χ4v) is 2.50. The van der Waals surface area contributed by atoms with Gasteiger partial charge in [-0.2, -0.15) is 0 Å². The highest BCUT2D eigenvalue weighted by Gasteiger charge is 2.31. The first-order valence-electron chi connectivity index (χ1n) is 6.46. The van der Waals surface area contributed by atoms with Crippen LogP contribution in [-0.4, -0.2) is 39.2 Å². The van der Waals surface area contributed by atoms with Crippen LogP contribution in [-0.2, 0) is 11.3 Å². The van der Waals surface area contributed by atoms with Gasteiger partial charge in [-0.3, -0.25) is 4.79 Å². The molecule has 18 heavy (non-hydrogen) atoms. The molecule has 1 aromatic rings. The molecule has 0 spiro atoms. The maximum absolute atomic E-state index is 11.7. The van der Waals surface area contributed by atoms with Crippen molar-refractivity contribution in [3.8, 4) is 0 Å². The highest BCUT2D eigenvalue weighted by molar-refractivity contribution is 5.75. The van der Waals surface area contributed by atoms with Crippen molar-refractivity contribution >= 4 is 5.91 Å². The molecule has 0 aliphatic heterocycles. The van der Waals surface area contributed by atoms with E-state index in [0.717, 1.165) is 25.7 Å². The molecule has 1 amide bonds. The third-order valence-electron chi connectivity index (χ3n) is 3.69. The Hall–Kier alpha value is -1.43. The fraction of sp³-hybridized carbons (Fsp3) is 0.750. The SMILES string of the molecule is O=C(Cn1ccnn1)NCC1(CO)CCCCC1. The van der Waals surface area contributed by atoms with E-state index in [4.69, 9.17) is 0 Å². The summed E-state index contributed by atoms with van der Waals surface area (Å²) in [6, 6.07) is 0. The Morgan fingerprint density at radius 1 is 1.39 bits per heavy atom. The average molecular weight is 252 g/mol. The first kappa shape index (κ1) is 13.0. The number of hydrogen-bond acceptors (Lipinski definition) is 4. The van der Waals surface area contributed by atoms with E-state index in [2.05, 4.69) is 15.6 Å². The van der Waals surface area contributed by atoms with Gasteiger partial charge >= 0.3 is 0 Å². The highest BCUT2D eigenvalue weighted by atomic mass is 16.3. The number of rotatable bonds is 5. The van der Waals surface area contributed by atoms with E-state index in [9.17, 15) is 9.90 Å². The number of amides is 1. The molecule has 2 rings (SSSR count). The predicted molar refractivity (Wildman–Crippen MR) is 65.6 cm³/mol. The Morgan fingerprint density at radius 3 is 2.78 bits per heavy atom. The van der Waals surface area contributed by atoms with E-state index in [0.29, 0.717) is 6.54 Å². The number of hydrogen-bond donors (Lipinski definition) is 2. The Morgan fingerprint density at radius 2 is 2.17 bits per heavy atom. The van der Waals surface area contributed by atoms with Crippen LogP contribution in [0.3, 0.4) is 0 Å². The van der Waals surface area contributed by atoms with Gasteiger partial charge in [0.1, 0.15) is 6.54 Å². The molecule has 0 aromatic carbocycles. The molecule has 2 N–H and O–H groups in total. The zero-order valence-electron chi connectivity index (χ0n) is 10.5. The Bertz CT molecular complexity index is 371. The molecule has 0 radical (unpaired) electrons. The smallest absolute Gasteiger partial charge is 0.241 e. The zero-order chi connectivity index (χ0) is 12.8. The van der Waals surface area contributed by atoms with Crippen molar-refractivity contribution in [2.24, 2.45) is 5.41 Å². The van der Waals surface area contributed by atoms with Crippen molar-refractivity contribution in [2.75, 3.05) is 13.2 Å². The van der Waals surface area contributed by atoms with Crippen molar-refractivity contribution in [2.45, 2.75) is 38.6 Å². The molecule has 0 bridgehead atoms. The van der Waals surface area contributed by atoms with Crippen molar-refractivity contribution in [3.63, 3.8) is 0 Å². The second-order valence-corrected chi connectivity index (χ2v) is 5.10. The molecule has 100 valence electrons. The van der Waals surface area contributed by atoms with Crippen LogP contribution in [0.4, 0.5) is 0 Å². The lowest BCUT2D eigenvalue weighted by Gasteiger charge is -2.35. The standard InChI is InChI=1S/C12H20N4O2/c17-10-12(4-2-1-3-5-12)9-13-11(18)8-16-7-6-14-15-16/h6-7,17H,1-5,8-10H2,(H,13,18). The number of aliphatic hydroxyl groups is 1. The monoisotopic (exact) mass is 252 g/mol. The highest BCUT2D eigenvalue weighted by Crippen LogP contribution is 2.35. The summed E-state index contributed by atoms with van der Waals surface area (Å²) in [5.41, 5.74) is -0.115. The van der Waals surface area contributed by atoms with Crippen LogP contribution < -0.4 is 5.32 Å². The summed E-state index contributed by atoms with van der Waals surface area (Å²) in [6.07, 6.45) is 8.69. The summed E-state index contributed by atoms with van der Waals surface area (Å²) >= 11 is 0. The second kappa shape index (κ2) is 5.95. The van der Waals surface area contributed by atoms with Crippen LogP contribution in [0.15, 0.2) is 12.4 Å². The Labute approximate surface area is 106 Å².